The van der Waals surface area contributed by atoms with Crippen molar-refractivity contribution in [2.45, 2.75) is 20.3 Å². The molecule has 1 aromatic rings. The third kappa shape index (κ3) is 5.27. The van der Waals surface area contributed by atoms with E-state index >= 15 is 0 Å². The number of hydrogen-bond acceptors (Lipinski definition) is 2. The Morgan fingerprint density at radius 2 is 2.18 bits per heavy atom. The number of nitrogens with one attached hydrogen (secondary N) is 1. The van der Waals surface area contributed by atoms with Gasteiger partial charge >= 0.3 is 0 Å². The lowest BCUT2D eigenvalue weighted by molar-refractivity contribution is 1.09. The van der Waals surface area contributed by atoms with E-state index in [9.17, 15) is 0 Å². The van der Waals surface area contributed by atoms with E-state index in [0.29, 0.717) is 0 Å². The van der Waals surface area contributed by atoms with Gasteiger partial charge in [-0.2, -0.15) is 0 Å². The van der Waals surface area contributed by atoms with Crippen molar-refractivity contribution in [2.24, 2.45) is 0 Å². The Labute approximate surface area is 67.8 Å². The van der Waals surface area contributed by atoms with Crippen LogP contribution in [0.2, 0.25) is 0 Å². The van der Waals surface area contributed by atoms with Crippen molar-refractivity contribution in [3.8, 4) is 0 Å². The first kappa shape index (κ1) is 9.82. The molecule has 0 atom stereocenters. The van der Waals surface area contributed by atoms with E-state index in [4.69, 9.17) is 5.41 Å². The molecule has 2 nitrogen and oxygen atoms in total. The molecule has 0 bridgehead atoms. The Balaban J connectivity index is 0.000000292. The van der Waals surface area contributed by atoms with Crippen molar-refractivity contribution in [1.82, 2.24) is 4.98 Å². The van der Waals surface area contributed by atoms with Crippen LogP contribution in [0.1, 0.15) is 25.8 Å². The van der Waals surface area contributed by atoms with Gasteiger partial charge in [-0.1, -0.05) is 26.3 Å². The van der Waals surface area contributed by atoms with Gasteiger partial charge in [0.25, 0.3) is 0 Å². The molecular formula is C9H14N2. The van der Waals surface area contributed by atoms with Gasteiger partial charge in [-0.3, -0.25) is 4.98 Å². The predicted octanol–water partition coefficient (Wildman–Crippen LogP) is 2.50. The van der Waals surface area contributed by atoms with E-state index < -0.39 is 0 Å². The van der Waals surface area contributed by atoms with Crippen LogP contribution in [0.3, 0.4) is 0 Å². The minimum atomic E-state index is 0.840. The van der Waals surface area contributed by atoms with Gasteiger partial charge in [-0.25, -0.2) is 0 Å². The molecule has 1 N–H and O–H groups in total. The van der Waals surface area contributed by atoms with Crippen molar-refractivity contribution < 1.29 is 0 Å². The maximum absolute atomic E-state index is 6.78. The molecule has 2 heteroatoms. The fraction of sp³-hybridized carbons (Fsp3) is 0.333. The van der Waals surface area contributed by atoms with Crippen LogP contribution in [0.4, 0.5) is 0 Å². The zero-order valence-electron chi connectivity index (χ0n) is 7.04. The lowest BCUT2D eigenvalue weighted by Crippen LogP contribution is -1.77. The van der Waals surface area contributed by atoms with Crippen molar-refractivity contribution in [3.63, 3.8) is 0 Å². The molecule has 0 aromatic carbocycles. The lowest BCUT2D eigenvalue weighted by atomic mass is 10.3. The van der Waals surface area contributed by atoms with E-state index in [-0.39, 0.29) is 0 Å². The Bertz CT molecular complexity index is 182. The fourth-order valence-electron chi connectivity index (χ4n) is 0.461. The van der Waals surface area contributed by atoms with Crippen LogP contribution in [-0.2, 0) is 0 Å². The number of aromatic nitrogens is 1. The second-order valence-electron chi connectivity index (χ2n) is 2.14. The quantitative estimate of drug-likeness (QED) is 0.613. The van der Waals surface area contributed by atoms with Crippen LogP contribution in [0.25, 0.3) is 0 Å². The molecule has 0 fully saturated rings. The SMILES string of the molecule is CCC.N=Cc1cccnc1. The summed E-state index contributed by atoms with van der Waals surface area (Å²) in [5, 5.41) is 6.78. The van der Waals surface area contributed by atoms with Crippen LogP contribution in [0, 0.1) is 5.41 Å². The summed E-state index contributed by atoms with van der Waals surface area (Å²) in [7, 11) is 0. The van der Waals surface area contributed by atoms with Crippen molar-refractivity contribution in [3.05, 3.63) is 30.1 Å². The minimum absolute atomic E-state index is 0.840. The van der Waals surface area contributed by atoms with Crippen LogP contribution < -0.4 is 0 Å². The molecule has 0 saturated heterocycles. The summed E-state index contributed by atoms with van der Waals surface area (Å²) >= 11 is 0. The van der Waals surface area contributed by atoms with Gasteiger partial charge in [0, 0.05) is 24.2 Å². The molecule has 0 radical (unpaired) electrons. The number of pyridine rings is 1. The molecule has 0 amide bonds. The Morgan fingerprint density at radius 3 is 2.45 bits per heavy atom. The monoisotopic (exact) mass is 150 g/mol. The smallest absolute Gasteiger partial charge is 0.0355 e. The average Bonchev–Trinajstić information content (AvgIpc) is 2.08. The summed E-state index contributed by atoms with van der Waals surface area (Å²) in [5.41, 5.74) is 0.840. The first-order valence-corrected chi connectivity index (χ1v) is 3.75. The molecule has 0 aliphatic carbocycles. The molecule has 1 heterocycles. The molecule has 0 spiro atoms. The van der Waals surface area contributed by atoms with Crippen LogP contribution in [0.15, 0.2) is 24.5 Å². The molecular weight excluding hydrogens is 136 g/mol. The summed E-state index contributed by atoms with van der Waals surface area (Å²) in [4.78, 5) is 3.80. The number of nitrogens with zero attached hydrogens (tertiary/aromatic N) is 1. The molecule has 1 rings (SSSR count). The third-order valence-electron chi connectivity index (χ3n) is 0.851. The van der Waals surface area contributed by atoms with E-state index in [2.05, 4.69) is 18.8 Å². The van der Waals surface area contributed by atoms with E-state index in [1.54, 1.807) is 18.5 Å². The first-order valence-electron chi connectivity index (χ1n) is 3.75. The van der Waals surface area contributed by atoms with E-state index in [0.717, 1.165) is 5.56 Å². The topological polar surface area (TPSA) is 36.7 Å². The van der Waals surface area contributed by atoms with Crippen LogP contribution in [0.5, 0.6) is 0 Å². The molecule has 0 unspecified atom stereocenters. The highest BCUT2D eigenvalue weighted by molar-refractivity contribution is 5.75. The summed E-state index contributed by atoms with van der Waals surface area (Å²) in [6, 6.07) is 3.64. The van der Waals surface area contributed by atoms with Crippen molar-refractivity contribution >= 4 is 6.21 Å². The van der Waals surface area contributed by atoms with E-state index in [1.165, 1.54) is 12.6 Å². The molecule has 1 aromatic heterocycles. The Morgan fingerprint density at radius 1 is 1.55 bits per heavy atom. The highest BCUT2D eigenvalue weighted by Crippen LogP contribution is 1.87. The summed E-state index contributed by atoms with van der Waals surface area (Å²) in [6.07, 6.45) is 5.85. The van der Waals surface area contributed by atoms with Gasteiger partial charge in [0.2, 0.25) is 0 Å². The maximum Gasteiger partial charge on any atom is 0.0355 e. The second-order valence-corrected chi connectivity index (χ2v) is 2.14. The normalized spacial score (nSPS) is 7.82. The van der Waals surface area contributed by atoms with Gasteiger partial charge in [-0.05, 0) is 6.07 Å². The molecule has 60 valence electrons. The van der Waals surface area contributed by atoms with Crippen LogP contribution >= 0.6 is 0 Å². The largest absolute Gasteiger partial charge is 0.308 e. The van der Waals surface area contributed by atoms with E-state index in [1.807, 2.05) is 6.07 Å². The zero-order chi connectivity index (χ0) is 8.53. The summed E-state index contributed by atoms with van der Waals surface area (Å²) in [5.74, 6) is 0. The van der Waals surface area contributed by atoms with Gasteiger partial charge in [0.1, 0.15) is 0 Å². The van der Waals surface area contributed by atoms with Crippen molar-refractivity contribution in [1.29, 1.82) is 5.41 Å². The van der Waals surface area contributed by atoms with Gasteiger partial charge < -0.3 is 5.41 Å². The second kappa shape index (κ2) is 6.93. The van der Waals surface area contributed by atoms with Crippen LogP contribution in [-0.4, -0.2) is 11.2 Å². The first-order chi connectivity index (χ1) is 5.35. The number of rotatable bonds is 1. The molecule has 0 aliphatic rings. The Hall–Kier alpha value is -1.18. The molecule has 11 heavy (non-hydrogen) atoms. The third-order valence-corrected chi connectivity index (χ3v) is 0.851. The molecule has 0 saturated carbocycles. The van der Waals surface area contributed by atoms with Gasteiger partial charge in [0.05, 0.1) is 0 Å². The molecule has 0 aliphatic heterocycles. The van der Waals surface area contributed by atoms with Crippen molar-refractivity contribution in [2.75, 3.05) is 0 Å². The summed E-state index contributed by atoms with van der Waals surface area (Å²) < 4.78 is 0. The predicted molar refractivity (Wildman–Crippen MR) is 48.1 cm³/mol. The lowest BCUT2D eigenvalue weighted by Gasteiger charge is -1.83. The highest BCUT2D eigenvalue weighted by atomic mass is 14.6. The van der Waals surface area contributed by atoms with Gasteiger partial charge in [0.15, 0.2) is 0 Å². The zero-order valence-corrected chi connectivity index (χ0v) is 7.04. The number of hydrogen-bond donors (Lipinski definition) is 1. The fourth-order valence-corrected chi connectivity index (χ4v) is 0.461. The van der Waals surface area contributed by atoms with Gasteiger partial charge in [-0.15, -0.1) is 0 Å². The highest BCUT2D eigenvalue weighted by Gasteiger charge is 1.78. The summed E-state index contributed by atoms with van der Waals surface area (Å²) in [6.45, 7) is 4.25. The minimum Gasteiger partial charge on any atom is -0.308 e. The maximum atomic E-state index is 6.78. The Kier molecular flexibility index (Phi) is 6.19. The standard InChI is InChI=1S/C6H6N2.C3H8/c7-4-6-2-1-3-8-5-6;1-3-2/h1-5,7H;3H2,1-2H3. The average molecular weight is 150 g/mol.